The summed E-state index contributed by atoms with van der Waals surface area (Å²) >= 11 is 0. The van der Waals surface area contributed by atoms with E-state index in [-0.39, 0.29) is 17.5 Å². The number of aliphatic hydroxyl groups is 2. The first-order valence-corrected chi connectivity index (χ1v) is 9.30. The van der Waals surface area contributed by atoms with E-state index in [4.69, 9.17) is 0 Å². The van der Waals surface area contributed by atoms with Crippen LogP contribution in [-0.4, -0.2) is 33.0 Å². The van der Waals surface area contributed by atoms with Crippen LogP contribution in [0, 0.1) is 0 Å². The molecule has 0 heterocycles. The molecule has 0 aliphatic heterocycles. The Morgan fingerprint density at radius 2 is 1.52 bits per heavy atom. The summed E-state index contributed by atoms with van der Waals surface area (Å²) in [6.45, 7) is 11.9. The van der Waals surface area contributed by atoms with Crippen LogP contribution in [0.5, 0.6) is 0 Å². The Labute approximate surface area is 162 Å². The van der Waals surface area contributed by atoms with Gasteiger partial charge in [0.25, 0.3) is 0 Å². The zero-order chi connectivity index (χ0) is 21.0. The molecule has 4 heteroatoms. The number of carbonyl (C=O) groups is 2. The molecule has 0 saturated carbocycles. The topological polar surface area (TPSA) is 74.6 Å². The number of allylic oxidation sites excluding steroid dienone is 3. The standard InChI is InChI=1S/C23H32O4/c1-8-17(20(24)22(4,5)26)10-9-15(2)16(3)18-11-13-19(14-12-18)21(25)23(6,7)27/h9-14,16,26-27H,8H2,1-7H3/b15-9+,17-10+. The molecule has 1 aromatic rings. The van der Waals surface area contributed by atoms with E-state index in [1.807, 2.05) is 32.1 Å². The van der Waals surface area contributed by atoms with Gasteiger partial charge in [-0.3, -0.25) is 9.59 Å². The molecule has 0 saturated heterocycles. The van der Waals surface area contributed by atoms with Crippen LogP contribution in [0.3, 0.4) is 0 Å². The van der Waals surface area contributed by atoms with Gasteiger partial charge in [-0.1, -0.05) is 55.8 Å². The minimum Gasteiger partial charge on any atom is -0.382 e. The van der Waals surface area contributed by atoms with Crippen LogP contribution in [-0.2, 0) is 4.79 Å². The maximum Gasteiger partial charge on any atom is 0.193 e. The van der Waals surface area contributed by atoms with E-state index in [2.05, 4.69) is 6.92 Å². The van der Waals surface area contributed by atoms with Gasteiger partial charge in [0.1, 0.15) is 11.2 Å². The van der Waals surface area contributed by atoms with Crippen molar-refractivity contribution in [2.45, 2.75) is 72.0 Å². The molecular weight excluding hydrogens is 340 g/mol. The van der Waals surface area contributed by atoms with Gasteiger partial charge in [-0.05, 0) is 52.2 Å². The molecule has 1 rings (SSSR count). The van der Waals surface area contributed by atoms with E-state index < -0.39 is 11.2 Å². The van der Waals surface area contributed by atoms with Gasteiger partial charge < -0.3 is 10.2 Å². The molecule has 27 heavy (non-hydrogen) atoms. The molecule has 0 aliphatic rings. The first-order valence-electron chi connectivity index (χ1n) is 9.30. The highest BCUT2D eigenvalue weighted by Gasteiger charge is 2.26. The maximum absolute atomic E-state index is 12.2. The van der Waals surface area contributed by atoms with E-state index in [0.717, 1.165) is 11.1 Å². The molecule has 0 bridgehead atoms. The van der Waals surface area contributed by atoms with Crippen molar-refractivity contribution in [2.75, 3.05) is 0 Å². The molecule has 0 radical (unpaired) electrons. The number of hydrogen-bond donors (Lipinski definition) is 2. The lowest BCUT2D eigenvalue weighted by molar-refractivity contribution is -0.130. The van der Waals surface area contributed by atoms with Gasteiger partial charge in [0.05, 0.1) is 0 Å². The lowest BCUT2D eigenvalue weighted by Crippen LogP contribution is -2.32. The summed E-state index contributed by atoms with van der Waals surface area (Å²) in [5, 5.41) is 19.8. The number of benzene rings is 1. The summed E-state index contributed by atoms with van der Waals surface area (Å²) in [4.78, 5) is 24.3. The van der Waals surface area contributed by atoms with E-state index in [0.29, 0.717) is 17.6 Å². The van der Waals surface area contributed by atoms with Gasteiger partial charge in [-0.15, -0.1) is 0 Å². The average molecular weight is 373 g/mol. The predicted molar refractivity (Wildman–Crippen MR) is 109 cm³/mol. The molecular formula is C23H32O4. The van der Waals surface area contributed by atoms with Crippen molar-refractivity contribution >= 4 is 11.6 Å². The van der Waals surface area contributed by atoms with E-state index >= 15 is 0 Å². The van der Waals surface area contributed by atoms with Crippen molar-refractivity contribution in [3.63, 3.8) is 0 Å². The Balaban J connectivity index is 3.03. The second-order valence-electron chi connectivity index (χ2n) is 8.08. The third kappa shape index (κ3) is 6.26. The molecule has 0 amide bonds. The van der Waals surface area contributed by atoms with Crippen LogP contribution in [0.2, 0.25) is 0 Å². The summed E-state index contributed by atoms with van der Waals surface area (Å²) in [6, 6.07) is 7.22. The Hall–Kier alpha value is -2.04. The van der Waals surface area contributed by atoms with Gasteiger partial charge in [-0.2, -0.15) is 0 Å². The molecule has 0 fully saturated rings. The molecule has 1 atom stereocenters. The Bertz CT molecular complexity index is 738. The fourth-order valence-electron chi connectivity index (χ4n) is 2.66. The van der Waals surface area contributed by atoms with Crippen molar-refractivity contribution in [1.82, 2.24) is 0 Å². The van der Waals surface area contributed by atoms with Crippen molar-refractivity contribution in [3.8, 4) is 0 Å². The van der Waals surface area contributed by atoms with Crippen LogP contribution in [0.15, 0.2) is 47.6 Å². The quantitative estimate of drug-likeness (QED) is 0.404. The molecule has 0 spiro atoms. The van der Waals surface area contributed by atoms with Crippen LogP contribution in [0.4, 0.5) is 0 Å². The summed E-state index contributed by atoms with van der Waals surface area (Å²) in [5.41, 5.74) is 0.390. The van der Waals surface area contributed by atoms with Gasteiger partial charge in [0.2, 0.25) is 0 Å². The zero-order valence-corrected chi connectivity index (χ0v) is 17.5. The first kappa shape index (κ1) is 23.0. The summed E-state index contributed by atoms with van der Waals surface area (Å²) in [7, 11) is 0. The lowest BCUT2D eigenvalue weighted by atomic mass is 9.90. The number of ketones is 2. The fraction of sp³-hybridized carbons (Fsp3) is 0.478. The minimum atomic E-state index is -1.39. The van der Waals surface area contributed by atoms with Crippen molar-refractivity contribution in [1.29, 1.82) is 0 Å². The predicted octanol–water partition coefficient (Wildman–Crippen LogP) is 4.37. The summed E-state index contributed by atoms with van der Waals surface area (Å²) in [6.07, 6.45) is 4.23. The highest BCUT2D eigenvalue weighted by molar-refractivity contribution is 6.02. The molecule has 2 N–H and O–H groups in total. The smallest absolute Gasteiger partial charge is 0.193 e. The summed E-state index contributed by atoms with van der Waals surface area (Å²) < 4.78 is 0. The molecule has 1 aromatic carbocycles. The Morgan fingerprint density at radius 3 is 1.93 bits per heavy atom. The number of rotatable bonds is 8. The fourth-order valence-corrected chi connectivity index (χ4v) is 2.66. The Morgan fingerprint density at radius 1 is 1.00 bits per heavy atom. The average Bonchev–Trinajstić information content (AvgIpc) is 2.59. The normalized spacial score (nSPS) is 14.9. The van der Waals surface area contributed by atoms with Crippen LogP contribution in [0.25, 0.3) is 0 Å². The van der Waals surface area contributed by atoms with Gasteiger partial charge in [0, 0.05) is 11.5 Å². The molecule has 0 aromatic heterocycles. The zero-order valence-electron chi connectivity index (χ0n) is 17.5. The van der Waals surface area contributed by atoms with Crippen molar-refractivity contribution < 1.29 is 19.8 Å². The SMILES string of the molecule is CC/C(=C\C=C(/C)C(C)c1ccc(C(=O)C(C)(C)O)cc1)C(=O)C(C)(C)O. The summed E-state index contributed by atoms with van der Waals surface area (Å²) in [5.74, 6) is -0.478. The van der Waals surface area contributed by atoms with Gasteiger partial charge in [-0.25, -0.2) is 0 Å². The van der Waals surface area contributed by atoms with E-state index in [1.165, 1.54) is 27.7 Å². The number of Topliss-reactive ketones (excluding diaryl/α,β-unsaturated/α-hetero) is 2. The van der Waals surface area contributed by atoms with Crippen molar-refractivity contribution in [2.24, 2.45) is 0 Å². The number of carbonyl (C=O) groups excluding carboxylic acids is 2. The lowest BCUT2D eigenvalue weighted by Gasteiger charge is -2.18. The van der Waals surface area contributed by atoms with E-state index in [9.17, 15) is 19.8 Å². The second-order valence-corrected chi connectivity index (χ2v) is 8.08. The molecule has 4 nitrogen and oxygen atoms in total. The van der Waals surface area contributed by atoms with Crippen LogP contribution >= 0.6 is 0 Å². The van der Waals surface area contributed by atoms with Gasteiger partial charge >= 0.3 is 0 Å². The highest BCUT2D eigenvalue weighted by atomic mass is 16.3. The molecule has 1 unspecified atom stereocenters. The molecule has 148 valence electrons. The van der Waals surface area contributed by atoms with Crippen molar-refractivity contribution in [3.05, 3.63) is 58.7 Å². The second kappa shape index (κ2) is 8.77. The monoisotopic (exact) mass is 372 g/mol. The van der Waals surface area contributed by atoms with Gasteiger partial charge in [0.15, 0.2) is 11.6 Å². The third-order valence-corrected chi connectivity index (χ3v) is 4.69. The Kier molecular flexibility index (Phi) is 7.47. The molecule has 0 aliphatic carbocycles. The maximum atomic E-state index is 12.2. The minimum absolute atomic E-state index is 0.0999. The highest BCUT2D eigenvalue weighted by Crippen LogP contribution is 2.25. The van der Waals surface area contributed by atoms with Crippen LogP contribution < -0.4 is 0 Å². The largest absolute Gasteiger partial charge is 0.382 e. The first-order chi connectivity index (χ1) is 12.3. The van der Waals surface area contributed by atoms with Crippen LogP contribution in [0.1, 0.15) is 76.7 Å². The number of hydrogen-bond acceptors (Lipinski definition) is 4. The third-order valence-electron chi connectivity index (χ3n) is 4.69. The van der Waals surface area contributed by atoms with E-state index in [1.54, 1.807) is 18.2 Å².